The molecule has 1 amide bonds. The number of carbonyl (C=O) groups is 2. The van der Waals surface area contributed by atoms with Crippen molar-refractivity contribution in [3.63, 3.8) is 0 Å². The van der Waals surface area contributed by atoms with Crippen LogP contribution in [0, 0.1) is 0 Å². The summed E-state index contributed by atoms with van der Waals surface area (Å²) in [6.07, 6.45) is 1.61. The number of nitrogens with zero attached hydrogens (tertiary/aromatic N) is 3. The fraction of sp³-hybridized carbons (Fsp3) is 0.500. The number of allylic oxidation sites excluding steroid dienone is 1. The third-order valence-electron chi connectivity index (χ3n) is 4.21. The van der Waals surface area contributed by atoms with Crippen LogP contribution in [0.4, 0.5) is 4.79 Å². The van der Waals surface area contributed by atoms with E-state index in [1.54, 1.807) is 4.68 Å². The molecule has 2 aliphatic heterocycles. The lowest BCUT2D eigenvalue weighted by atomic mass is 9.96. The number of aliphatic hydroxyl groups excluding tert-OH is 1. The van der Waals surface area contributed by atoms with E-state index in [0.29, 0.717) is 36.2 Å². The Bertz CT molecular complexity index is 647. The smallest absolute Gasteiger partial charge is 0.407 e. The Labute approximate surface area is 121 Å². The number of hydrogen-bond acceptors (Lipinski definition) is 4. The molecule has 3 rings (SSSR count). The molecule has 1 unspecified atom stereocenters. The van der Waals surface area contributed by atoms with Gasteiger partial charge >= 0.3 is 6.09 Å². The molecular formula is C14H17N3O4. The van der Waals surface area contributed by atoms with E-state index in [1.807, 2.05) is 6.92 Å². The lowest BCUT2D eigenvalue weighted by Crippen LogP contribution is -2.42. The van der Waals surface area contributed by atoms with Gasteiger partial charge in [0, 0.05) is 30.1 Å². The molecule has 0 radical (unpaired) electrons. The first-order valence-electron chi connectivity index (χ1n) is 6.99. The standard InChI is InChI=1S/C14H17N3O4/c1-8-5-11-10(6-16(8)14(20)21)12-13(19)9(7-18)3-2-4-17(12)15-11/h7-8,18H,2-6H2,1H3,(H,20,21)/b9-7-. The number of carboxylic acid groups (broad SMARTS) is 1. The maximum Gasteiger partial charge on any atom is 0.407 e. The molecule has 0 spiro atoms. The van der Waals surface area contributed by atoms with E-state index >= 15 is 0 Å². The first-order valence-corrected chi connectivity index (χ1v) is 6.99. The summed E-state index contributed by atoms with van der Waals surface area (Å²) in [4.78, 5) is 25.1. The quantitative estimate of drug-likeness (QED) is 0.560. The van der Waals surface area contributed by atoms with Gasteiger partial charge in [-0.3, -0.25) is 9.48 Å². The van der Waals surface area contributed by atoms with Gasteiger partial charge in [0.1, 0.15) is 5.69 Å². The molecule has 0 bridgehead atoms. The molecule has 1 aromatic rings. The average molecular weight is 291 g/mol. The number of Topliss-reactive ketones (excluding diaryl/α,β-unsaturated/α-hetero) is 1. The van der Waals surface area contributed by atoms with Crippen molar-refractivity contribution < 1.29 is 19.8 Å². The Morgan fingerprint density at radius 1 is 1.48 bits per heavy atom. The molecule has 0 aliphatic carbocycles. The van der Waals surface area contributed by atoms with Crippen LogP contribution in [-0.2, 0) is 19.5 Å². The highest BCUT2D eigenvalue weighted by atomic mass is 16.4. The van der Waals surface area contributed by atoms with Gasteiger partial charge in [-0.25, -0.2) is 4.79 Å². The van der Waals surface area contributed by atoms with Crippen LogP contribution in [0.3, 0.4) is 0 Å². The Morgan fingerprint density at radius 3 is 2.90 bits per heavy atom. The number of carbonyl (C=O) groups excluding carboxylic acids is 1. The zero-order valence-corrected chi connectivity index (χ0v) is 11.7. The first kappa shape index (κ1) is 13.7. The summed E-state index contributed by atoms with van der Waals surface area (Å²) >= 11 is 0. The minimum atomic E-state index is -0.993. The number of rotatable bonds is 0. The monoisotopic (exact) mass is 291 g/mol. The minimum absolute atomic E-state index is 0.155. The van der Waals surface area contributed by atoms with Crippen LogP contribution in [-0.4, -0.2) is 42.8 Å². The highest BCUT2D eigenvalue weighted by Crippen LogP contribution is 2.30. The zero-order valence-electron chi connectivity index (χ0n) is 11.7. The van der Waals surface area contributed by atoms with Crippen LogP contribution in [0.1, 0.15) is 41.5 Å². The molecule has 112 valence electrons. The molecule has 3 heterocycles. The number of amides is 1. The molecule has 21 heavy (non-hydrogen) atoms. The first-order chi connectivity index (χ1) is 10.0. The summed E-state index contributed by atoms with van der Waals surface area (Å²) in [7, 11) is 0. The van der Waals surface area contributed by atoms with Crippen LogP contribution in [0.25, 0.3) is 0 Å². The Kier molecular flexibility index (Phi) is 3.19. The van der Waals surface area contributed by atoms with E-state index in [0.717, 1.165) is 18.4 Å². The van der Waals surface area contributed by atoms with Gasteiger partial charge in [-0.1, -0.05) is 0 Å². The largest absolute Gasteiger partial charge is 0.515 e. The number of aryl methyl sites for hydroxylation is 1. The van der Waals surface area contributed by atoms with Crippen LogP contribution in [0.15, 0.2) is 11.8 Å². The van der Waals surface area contributed by atoms with E-state index in [2.05, 4.69) is 5.10 Å². The molecule has 1 atom stereocenters. The predicted molar refractivity (Wildman–Crippen MR) is 73.2 cm³/mol. The third-order valence-corrected chi connectivity index (χ3v) is 4.21. The van der Waals surface area contributed by atoms with Gasteiger partial charge in [0.15, 0.2) is 0 Å². The van der Waals surface area contributed by atoms with Crippen molar-refractivity contribution in [2.24, 2.45) is 0 Å². The van der Waals surface area contributed by atoms with Crippen molar-refractivity contribution in [3.05, 3.63) is 28.8 Å². The lowest BCUT2D eigenvalue weighted by molar-refractivity contribution is 0.101. The highest BCUT2D eigenvalue weighted by Gasteiger charge is 2.35. The molecule has 1 aromatic heterocycles. The highest BCUT2D eigenvalue weighted by molar-refractivity contribution is 6.08. The van der Waals surface area contributed by atoms with Crippen LogP contribution < -0.4 is 0 Å². The van der Waals surface area contributed by atoms with Gasteiger partial charge in [0.25, 0.3) is 0 Å². The second-order valence-corrected chi connectivity index (χ2v) is 5.55. The number of hydrogen-bond donors (Lipinski definition) is 2. The van der Waals surface area contributed by atoms with Crippen molar-refractivity contribution >= 4 is 11.9 Å². The number of aliphatic hydroxyl groups is 1. The zero-order chi connectivity index (χ0) is 15.1. The third kappa shape index (κ3) is 2.09. The molecule has 0 saturated heterocycles. The van der Waals surface area contributed by atoms with Crippen molar-refractivity contribution in [1.82, 2.24) is 14.7 Å². The SMILES string of the molecule is CC1Cc2nn3c(c2CN1C(=O)O)C(=O)/C(=C\O)CCC3. The summed E-state index contributed by atoms with van der Waals surface area (Å²) in [5.74, 6) is -0.247. The Balaban J connectivity index is 2.09. The average Bonchev–Trinajstić information content (AvgIpc) is 2.70. The molecule has 0 saturated carbocycles. The normalized spacial score (nSPS) is 23.7. The molecular weight excluding hydrogens is 274 g/mol. The summed E-state index contributed by atoms with van der Waals surface area (Å²) in [5.41, 5.74) is 2.27. The van der Waals surface area contributed by atoms with Crippen LogP contribution >= 0.6 is 0 Å². The van der Waals surface area contributed by atoms with E-state index in [9.17, 15) is 19.8 Å². The van der Waals surface area contributed by atoms with Gasteiger partial charge in [0.05, 0.1) is 18.5 Å². The number of fused-ring (bicyclic) bond motifs is 3. The topological polar surface area (TPSA) is 95.7 Å². The van der Waals surface area contributed by atoms with Gasteiger partial charge in [-0.2, -0.15) is 5.10 Å². The van der Waals surface area contributed by atoms with Gasteiger partial charge < -0.3 is 15.1 Å². The van der Waals surface area contributed by atoms with Crippen molar-refractivity contribution in [1.29, 1.82) is 0 Å². The maximum atomic E-state index is 12.5. The summed E-state index contributed by atoms with van der Waals surface area (Å²) in [6, 6.07) is -0.155. The molecule has 2 aliphatic rings. The van der Waals surface area contributed by atoms with Crippen LogP contribution in [0.2, 0.25) is 0 Å². The lowest BCUT2D eigenvalue weighted by Gasteiger charge is -2.30. The second-order valence-electron chi connectivity index (χ2n) is 5.55. The molecule has 0 aromatic carbocycles. The number of ketones is 1. The van der Waals surface area contributed by atoms with E-state index < -0.39 is 6.09 Å². The minimum Gasteiger partial charge on any atom is -0.515 e. The van der Waals surface area contributed by atoms with Gasteiger partial charge in [-0.15, -0.1) is 0 Å². The van der Waals surface area contributed by atoms with E-state index in [1.165, 1.54) is 4.90 Å². The Hall–Kier alpha value is -2.31. The fourth-order valence-corrected chi connectivity index (χ4v) is 3.08. The molecule has 7 heteroatoms. The van der Waals surface area contributed by atoms with E-state index in [-0.39, 0.29) is 18.4 Å². The number of aromatic nitrogens is 2. The summed E-state index contributed by atoms with van der Waals surface area (Å²) in [6.45, 7) is 2.61. The van der Waals surface area contributed by atoms with Gasteiger partial charge in [-0.05, 0) is 19.8 Å². The van der Waals surface area contributed by atoms with Gasteiger partial charge in [0.2, 0.25) is 5.78 Å². The second kappa shape index (κ2) is 4.91. The van der Waals surface area contributed by atoms with Crippen LogP contribution in [0.5, 0.6) is 0 Å². The fourth-order valence-electron chi connectivity index (χ4n) is 3.08. The summed E-state index contributed by atoms with van der Waals surface area (Å²) < 4.78 is 1.67. The molecule has 7 nitrogen and oxygen atoms in total. The van der Waals surface area contributed by atoms with Crippen molar-refractivity contribution in [2.45, 2.75) is 45.3 Å². The predicted octanol–water partition coefficient (Wildman–Crippen LogP) is 1.73. The van der Waals surface area contributed by atoms with Crippen molar-refractivity contribution in [2.75, 3.05) is 0 Å². The molecule has 2 N–H and O–H groups in total. The maximum absolute atomic E-state index is 12.5. The Morgan fingerprint density at radius 2 is 2.24 bits per heavy atom. The van der Waals surface area contributed by atoms with Crippen molar-refractivity contribution in [3.8, 4) is 0 Å². The molecule has 0 fully saturated rings. The van der Waals surface area contributed by atoms with E-state index in [4.69, 9.17) is 0 Å². The summed E-state index contributed by atoms with van der Waals surface area (Å²) in [5, 5.41) is 23.0.